The molecule has 0 aliphatic rings. The zero-order valence-corrected chi connectivity index (χ0v) is 8.13. The van der Waals surface area contributed by atoms with Gasteiger partial charge >= 0.3 is 0 Å². The molecule has 0 spiro atoms. The molecule has 74 valence electrons. The fraction of sp³-hybridized carbons (Fsp3) is 0.364. The number of terminal acetylenes is 1. The molecule has 0 aliphatic carbocycles. The van der Waals surface area contributed by atoms with Gasteiger partial charge in [-0.3, -0.25) is 0 Å². The number of pyridine rings is 1. The maximum atomic E-state index is 12.5. The van der Waals surface area contributed by atoms with Crippen LogP contribution in [0.15, 0.2) is 18.3 Å². The van der Waals surface area contributed by atoms with Crippen LogP contribution in [0.2, 0.25) is 0 Å². The van der Waals surface area contributed by atoms with Crippen molar-refractivity contribution < 1.29 is 4.39 Å². The van der Waals surface area contributed by atoms with E-state index in [0.717, 1.165) is 6.42 Å². The monoisotopic (exact) mass is 192 g/mol. The Kier molecular flexibility index (Phi) is 3.93. The Hall–Kier alpha value is -1.56. The molecule has 1 aromatic rings. The topological polar surface area (TPSA) is 24.9 Å². The third-order valence-corrected chi connectivity index (χ3v) is 1.94. The summed E-state index contributed by atoms with van der Waals surface area (Å²) in [6.45, 7) is 2.04. The number of hydrogen-bond donors (Lipinski definition) is 1. The average Bonchev–Trinajstić information content (AvgIpc) is 2.20. The molecular formula is C11H13FN2. The summed E-state index contributed by atoms with van der Waals surface area (Å²) >= 11 is 0. The summed E-state index contributed by atoms with van der Waals surface area (Å²) in [7, 11) is 0. The molecule has 1 aromatic heterocycles. The maximum absolute atomic E-state index is 12.5. The molecule has 0 saturated heterocycles. The van der Waals surface area contributed by atoms with Gasteiger partial charge < -0.3 is 5.32 Å². The van der Waals surface area contributed by atoms with E-state index < -0.39 is 0 Å². The van der Waals surface area contributed by atoms with Crippen LogP contribution >= 0.6 is 0 Å². The molecule has 3 heteroatoms. The van der Waals surface area contributed by atoms with E-state index in [1.165, 1.54) is 12.3 Å². The van der Waals surface area contributed by atoms with Crippen LogP contribution in [0.3, 0.4) is 0 Å². The van der Waals surface area contributed by atoms with Gasteiger partial charge in [0, 0.05) is 12.5 Å². The number of nitrogens with one attached hydrogen (secondary N) is 1. The van der Waals surface area contributed by atoms with E-state index in [1.54, 1.807) is 6.07 Å². The number of nitrogens with zero attached hydrogens (tertiary/aromatic N) is 1. The number of anilines is 1. The lowest BCUT2D eigenvalue weighted by Gasteiger charge is -2.14. The summed E-state index contributed by atoms with van der Waals surface area (Å²) < 4.78 is 12.5. The standard InChI is InChI=1S/C11H13FN2/c1-3-5-10(4-2)14-11-7-6-9(12)8-13-11/h1,6-8,10H,4-5H2,2H3,(H,13,14). The molecule has 14 heavy (non-hydrogen) atoms. The van der Waals surface area contributed by atoms with E-state index in [2.05, 4.69) is 16.2 Å². The van der Waals surface area contributed by atoms with Gasteiger partial charge in [-0.2, -0.15) is 0 Å². The van der Waals surface area contributed by atoms with E-state index >= 15 is 0 Å². The highest BCUT2D eigenvalue weighted by Crippen LogP contribution is 2.08. The summed E-state index contributed by atoms with van der Waals surface area (Å²) in [5.74, 6) is 2.91. The van der Waals surface area contributed by atoms with E-state index in [0.29, 0.717) is 12.2 Å². The molecule has 0 aromatic carbocycles. The first-order valence-electron chi connectivity index (χ1n) is 4.57. The molecular weight excluding hydrogens is 179 g/mol. The van der Waals surface area contributed by atoms with Gasteiger partial charge in [-0.05, 0) is 18.6 Å². The van der Waals surface area contributed by atoms with Gasteiger partial charge in [-0.25, -0.2) is 9.37 Å². The average molecular weight is 192 g/mol. The van der Waals surface area contributed by atoms with E-state index in [4.69, 9.17) is 6.42 Å². The zero-order valence-electron chi connectivity index (χ0n) is 8.13. The van der Waals surface area contributed by atoms with Crippen molar-refractivity contribution >= 4 is 5.82 Å². The molecule has 1 atom stereocenters. The van der Waals surface area contributed by atoms with Crippen LogP contribution in [0.1, 0.15) is 19.8 Å². The first-order chi connectivity index (χ1) is 6.76. The molecule has 0 aliphatic heterocycles. The Bertz CT molecular complexity index is 313. The molecule has 0 radical (unpaired) electrons. The summed E-state index contributed by atoms with van der Waals surface area (Å²) in [5, 5.41) is 3.14. The zero-order chi connectivity index (χ0) is 10.4. The quantitative estimate of drug-likeness (QED) is 0.741. The summed E-state index contributed by atoms with van der Waals surface area (Å²) in [6.07, 6.45) is 7.97. The Morgan fingerprint density at radius 2 is 2.43 bits per heavy atom. The molecule has 0 fully saturated rings. The van der Waals surface area contributed by atoms with Crippen molar-refractivity contribution in [2.24, 2.45) is 0 Å². The normalized spacial score (nSPS) is 11.8. The van der Waals surface area contributed by atoms with Gasteiger partial charge in [-0.1, -0.05) is 6.92 Å². The minimum absolute atomic E-state index is 0.206. The Labute approximate surface area is 83.6 Å². The van der Waals surface area contributed by atoms with Crippen molar-refractivity contribution in [1.82, 2.24) is 4.98 Å². The van der Waals surface area contributed by atoms with Crippen molar-refractivity contribution in [3.63, 3.8) is 0 Å². The van der Waals surface area contributed by atoms with Crippen LogP contribution < -0.4 is 5.32 Å². The predicted octanol–water partition coefficient (Wildman–Crippen LogP) is 2.43. The largest absolute Gasteiger partial charge is 0.366 e. The minimum atomic E-state index is -0.333. The van der Waals surface area contributed by atoms with Crippen LogP contribution in [-0.4, -0.2) is 11.0 Å². The number of hydrogen-bond acceptors (Lipinski definition) is 2. The highest BCUT2D eigenvalue weighted by molar-refractivity contribution is 5.35. The molecule has 0 amide bonds. The molecule has 0 bridgehead atoms. The van der Waals surface area contributed by atoms with Crippen LogP contribution in [0, 0.1) is 18.2 Å². The SMILES string of the molecule is C#CCC(CC)Nc1ccc(F)cn1. The second-order valence-electron chi connectivity index (χ2n) is 3.02. The van der Waals surface area contributed by atoms with E-state index in [1.807, 2.05) is 6.92 Å². The second kappa shape index (κ2) is 5.23. The van der Waals surface area contributed by atoms with Crippen molar-refractivity contribution in [3.8, 4) is 12.3 Å². The predicted molar refractivity (Wildman–Crippen MR) is 55.3 cm³/mol. The molecule has 2 nitrogen and oxygen atoms in total. The van der Waals surface area contributed by atoms with Gasteiger partial charge in [0.2, 0.25) is 0 Å². The first-order valence-corrected chi connectivity index (χ1v) is 4.57. The fourth-order valence-corrected chi connectivity index (χ4v) is 1.11. The van der Waals surface area contributed by atoms with Crippen molar-refractivity contribution in [1.29, 1.82) is 0 Å². The number of halogens is 1. The minimum Gasteiger partial charge on any atom is -0.366 e. The smallest absolute Gasteiger partial charge is 0.141 e. The lowest BCUT2D eigenvalue weighted by Crippen LogP contribution is -2.18. The second-order valence-corrected chi connectivity index (χ2v) is 3.02. The molecule has 1 rings (SSSR count). The summed E-state index contributed by atoms with van der Waals surface area (Å²) in [6, 6.07) is 3.19. The molecule has 1 heterocycles. The highest BCUT2D eigenvalue weighted by atomic mass is 19.1. The van der Waals surface area contributed by atoms with Crippen LogP contribution in [0.25, 0.3) is 0 Å². The van der Waals surface area contributed by atoms with Crippen molar-refractivity contribution in [2.75, 3.05) is 5.32 Å². The number of rotatable bonds is 4. The van der Waals surface area contributed by atoms with Crippen molar-refractivity contribution in [3.05, 3.63) is 24.1 Å². The van der Waals surface area contributed by atoms with Crippen molar-refractivity contribution in [2.45, 2.75) is 25.8 Å². The van der Waals surface area contributed by atoms with Gasteiger partial charge in [0.1, 0.15) is 11.6 Å². The molecule has 0 saturated carbocycles. The Balaban J connectivity index is 2.59. The molecule has 1 unspecified atom stereocenters. The Morgan fingerprint density at radius 1 is 1.64 bits per heavy atom. The van der Waals surface area contributed by atoms with E-state index in [9.17, 15) is 4.39 Å². The van der Waals surface area contributed by atoms with Crippen LogP contribution in [0.5, 0.6) is 0 Å². The number of aromatic nitrogens is 1. The van der Waals surface area contributed by atoms with Gasteiger partial charge in [-0.15, -0.1) is 12.3 Å². The fourth-order valence-electron chi connectivity index (χ4n) is 1.11. The lowest BCUT2D eigenvalue weighted by molar-refractivity contribution is 0.620. The summed E-state index contributed by atoms with van der Waals surface area (Å²) in [5.41, 5.74) is 0. The maximum Gasteiger partial charge on any atom is 0.141 e. The van der Waals surface area contributed by atoms with Gasteiger partial charge in [0.05, 0.1) is 6.20 Å². The third kappa shape index (κ3) is 3.06. The Morgan fingerprint density at radius 3 is 2.93 bits per heavy atom. The molecule has 1 N–H and O–H groups in total. The van der Waals surface area contributed by atoms with Crippen LogP contribution in [0.4, 0.5) is 10.2 Å². The van der Waals surface area contributed by atoms with Crippen LogP contribution in [-0.2, 0) is 0 Å². The third-order valence-electron chi connectivity index (χ3n) is 1.94. The summed E-state index contributed by atoms with van der Waals surface area (Å²) in [4.78, 5) is 3.89. The van der Waals surface area contributed by atoms with Gasteiger partial charge in [0.15, 0.2) is 0 Å². The lowest BCUT2D eigenvalue weighted by atomic mass is 10.1. The van der Waals surface area contributed by atoms with Gasteiger partial charge in [0.25, 0.3) is 0 Å². The highest BCUT2D eigenvalue weighted by Gasteiger charge is 2.04. The first kappa shape index (κ1) is 10.5. The van der Waals surface area contributed by atoms with E-state index in [-0.39, 0.29) is 11.9 Å².